The van der Waals surface area contributed by atoms with Crippen LogP contribution in [0.3, 0.4) is 0 Å². The van der Waals surface area contributed by atoms with Crippen molar-refractivity contribution in [1.29, 1.82) is 0 Å². The molecule has 9 heteroatoms. The third-order valence-electron chi connectivity index (χ3n) is 5.33. The highest BCUT2D eigenvalue weighted by Gasteiger charge is 2.18. The lowest BCUT2D eigenvalue weighted by molar-refractivity contribution is -0.384. The van der Waals surface area contributed by atoms with Crippen LogP contribution in [0.1, 0.15) is 0 Å². The van der Waals surface area contributed by atoms with E-state index in [4.69, 9.17) is 4.74 Å². The summed E-state index contributed by atoms with van der Waals surface area (Å²) in [5.74, 6) is 1.35. The first-order chi connectivity index (χ1) is 17.6. The van der Waals surface area contributed by atoms with Gasteiger partial charge in [-0.1, -0.05) is 36.4 Å². The molecule has 1 aromatic heterocycles. The van der Waals surface area contributed by atoms with Crippen LogP contribution in [0.5, 0.6) is 11.5 Å². The van der Waals surface area contributed by atoms with Gasteiger partial charge in [-0.25, -0.2) is 4.68 Å². The Balaban J connectivity index is 1.49. The standard InChI is InChI=1S/C27H19N5O4/c33-27-26(29-28-20-13-17-24(18-14-20)36-23-9-5-2-6-10-23)25(19-11-15-22(16-12-19)32(34)35)30-31(27)21-7-3-1-4-8-21/h1-18,30H. The Morgan fingerprint density at radius 2 is 1.36 bits per heavy atom. The van der Waals surface area contributed by atoms with Crippen molar-refractivity contribution < 1.29 is 9.66 Å². The molecule has 0 atom stereocenters. The lowest BCUT2D eigenvalue weighted by Gasteiger charge is -2.04. The zero-order valence-corrected chi connectivity index (χ0v) is 18.8. The van der Waals surface area contributed by atoms with Gasteiger partial charge in [0.1, 0.15) is 11.5 Å². The van der Waals surface area contributed by atoms with E-state index in [0.717, 1.165) is 0 Å². The highest BCUT2D eigenvalue weighted by molar-refractivity contribution is 5.72. The number of aromatic nitrogens is 2. The monoisotopic (exact) mass is 477 g/mol. The number of hydrogen-bond donors (Lipinski definition) is 1. The molecule has 0 aliphatic rings. The van der Waals surface area contributed by atoms with Gasteiger partial charge in [-0.05, 0) is 60.7 Å². The number of hydrogen-bond acceptors (Lipinski definition) is 6. The van der Waals surface area contributed by atoms with Gasteiger partial charge in [0, 0.05) is 17.7 Å². The van der Waals surface area contributed by atoms with E-state index in [0.29, 0.717) is 34.1 Å². The summed E-state index contributed by atoms with van der Waals surface area (Å²) < 4.78 is 7.16. The third-order valence-corrected chi connectivity index (χ3v) is 5.33. The first-order valence-electron chi connectivity index (χ1n) is 11.0. The Labute approximate surface area is 205 Å². The summed E-state index contributed by atoms with van der Waals surface area (Å²) in [6.07, 6.45) is 0. The highest BCUT2D eigenvalue weighted by Crippen LogP contribution is 2.30. The van der Waals surface area contributed by atoms with E-state index in [1.54, 1.807) is 48.5 Å². The summed E-state index contributed by atoms with van der Waals surface area (Å²) >= 11 is 0. The van der Waals surface area contributed by atoms with E-state index in [9.17, 15) is 14.9 Å². The zero-order chi connectivity index (χ0) is 24.9. The second-order valence-electron chi connectivity index (χ2n) is 7.72. The van der Waals surface area contributed by atoms with Gasteiger partial charge in [0.25, 0.3) is 11.2 Å². The van der Waals surface area contributed by atoms with Crippen LogP contribution in [0.15, 0.2) is 124 Å². The normalized spacial score (nSPS) is 11.0. The molecule has 5 rings (SSSR count). The van der Waals surface area contributed by atoms with E-state index < -0.39 is 10.5 Å². The van der Waals surface area contributed by atoms with Crippen LogP contribution in [0.2, 0.25) is 0 Å². The topological polar surface area (TPSA) is 115 Å². The predicted molar refractivity (Wildman–Crippen MR) is 136 cm³/mol. The number of non-ortho nitro benzene ring substituents is 1. The molecule has 0 unspecified atom stereocenters. The zero-order valence-electron chi connectivity index (χ0n) is 18.8. The molecule has 1 heterocycles. The first-order valence-corrected chi connectivity index (χ1v) is 11.0. The van der Waals surface area contributed by atoms with Crippen molar-refractivity contribution >= 4 is 17.1 Å². The van der Waals surface area contributed by atoms with Gasteiger partial charge in [-0.15, -0.1) is 5.11 Å². The molecule has 0 aliphatic heterocycles. The number of nitrogens with one attached hydrogen (secondary N) is 1. The Kier molecular flexibility index (Phi) is 6.18. The fourth-order valence-corrected chi connectivity index (χ4v) is 3.54. The predicted octanol–water partition coefficient (Wildman–Crippen LogP) is 6.95. The Morgan fingerprint density at radius 3 is 2.00 bits per heavy atom. The number of aromatic amines is 1. The van der Waals surface area contributed by atoms with Crippen LogP contribution >= 0.6 is 0 Å². The summed E-state index contributed by atoms with van der Waals surface area (Å²) in [5.41, 5.74) is 1.73. The summed E-state index contributed by atoms with van der Waals surface area (Å²) in [6, 6.07) is 31.3. The smallest absolute Gasteiger partial charge is 0.299 e. The maximum absolute atomic E-state index is 13.3. The molecule has 0 spiro atoms. The van der Waals surface area contributed by atoms with Gasteiger partial charge in [0.05, 0.1) is 22.0 Å². The van der Waals surface area contributed by atoms with E-state index in [2.05, 4.69) is 15.3 Å². The third kappa shape index (κ3) is 4.80. The average molecular weight is 477 g/mol. The largest absolute Gasteiger partial charge is 0.457 e. The van der Waals surface area contributed by atoms with Gasteiger partial charge in [0.15, 0.2) is 5.69 Å². The van der Waals surface area contributed by atoms with Crippen LogP contribution in [-0.2, 0) is 0 Å². The second kappa shape index (κ2) is 9.90. The lowest BCUT2D eigenvalue weighted by Crippen LogP contribution is -2.13. The quantitative estimate of drug-likeness (QED) is 0.155. The minimum absolute atomic E-state index is 0.0513. The van der Waals surface area contributed by atoms with E-state index in [1.165, 1.54) is 16.8 Å². The maximum atomic E-state index is 13.3. The van der Waals surface area contributed by atoms with E-state index in [-0.39, 0.29) is 11.4 Å². The molecule has 0 amide bonds. The van der Waals surface area contributed by atoms with Crippen molar-refractivity contribution in [3.8, 4) is 28.4 Å². The number of nitrogens with zero attached hydrogens (tertiary/aromatic N) is 4. The van der Waals surface area contributed by atoms with Gasteiger partial charge < -0.3 is 4.74 Å². The summed E-state index contributed by atoms with van der Waals surface area (Å²) in [7, 11) is 0. The Bertz CT molecular complexity index is 1570. The average Bonchev–Trinajstić information content (AvgIpc) is 3.25. The molecule has 0 aliphatic carbocycles. The number of nitro benzene ring substituents is 1. The maximum Gasteiger partial charge on any atom is 0.299 e. The van der Waals surface area contributed by atoms with Crippen LogP contribution in [0.25, 0.3) is 16.9 Å². The molecular weight excluding hydrogens is 458 g/mol. The second-order valence-corrected chi connectivity index (χ2v) is 7.72. The van der Waals surface area contributed by atoms with Crippen molar-refractivity contribution in [3.05, 3.63) is 130 Å². The van der Waals surface area contributed by atoms with Gasteiger partial charge >= 0.3 is 0 Å². The number of ether oxygens (including phenoxy) is 1. The van der Waals surface area contributed by atoms with Crippen molar-refractivity contribution in [3.63, 3.8) is 0 Å². The molecule has 5 aromatic rings. The number of rotatable bonds is 7. The van der Waals surface area contributed by atoms with Gasteiger partial charge in [-0.2, -0.15) is 5.11 Å². The molecular formula is C27H19N5O4. The SMILES string of the molecule is O=c1c(N=Nc2ccc(Oc3ccccc3)cc2)c(-c2ccc([N+](=O)[O-])cc2)[nH]n1-c1ccccc1. The number of para-hydroxylation sites is 2. The Hall–Kier alpha value is -5.31. The first kappa shape index (κ1) is 22.5. The summed E-state index contributed by atoms with van der Waals surface area (Å²) in [5, 5.41) is 22.6. The van der Waals surface area contributed by atoms with E-state index in [1.807, 2.05) is 48.5 Å². The molecule has 0 bridgehead atoms. The molecule has 176 valence electrons. The minimum atomic E-state index is -0.479. The van der Waals surface area contributed by atoms with E-state index >= 15 is 0 Å². The number of nitro groups is 1. The molecule has 1 N–H and O–H groups in total. The van der Waals surface area contributed by atoms with Crippen LogP contribution in [-0.4, -0.2) is 14.7 Å². The number of benzene rings is 4. The Morgan fingerprint density at radius 1 is 0.750 bits per heavy atom. The minimum Gasteiger partial charge on any atom is -0.457 e. The number of H-pyrrole nitrogens is 1. The molecule has 0 saturated carbocycles. The van der Waals surface area contributed by atoms with Crippen LogP contribution in [0.4, 0.5) is 17.1 Å². The molecule has 0 radical (unpaired) electrons. The van der Waals surface area contributed by atoms with Crippen LogP contribution in [0, 0.1) is 10.1 Å². The molecule has 36 heavy (non-hydrogen) atoms. The van der Waals surface area contributed by atoms with Gasteiger partial charge in [-0.3, -0.25) is 20.0 Å². The fraction of sp³-hybridized carbons (Fsp3) is 0. The molecule has 9 nitrogen and oxygen atoms in total. The van der Waals surface area contributed by atoms with Gasteiger partial charge in [0.2, 0.25) is 0 Å². The lowest BCUT2D eigenvalue weighted by atomic mass is 10.1. The molecule has 0 saturated heterocycles. The number of azo groups is 1. The van der Waals surface area contributed by atoms with Crippen molar-refractivity contribution in [2.24, 2.45) is 10.2 Å². The van der Waals surface area contributed by atoms with Crippen molar-refractivity contribution in [2.75, 3.05) is 0 Å². The molecule has 0 fully saturated rings. The van der Waals surface area contributed by atoms with Crippen LogP contribution < -0.4 is 10.3 Å². The highest BCUT2D eigenvalue weighted by atomic mass is 16.6. The summed E-state index contributed by atoms with van der Waals surface area (Å²) in [4.78, 5) is 23.8. The molecule has 4 aromatic carbocycles. The fourth-order valence-electron chi connectivity index (χ4n) is 3.54. The van der Waals surface area contributed by atoms with Crippen molar-refractivity contribution in [1.82, 2.24) is 9.78 Å². The van der Waals surface area contributed by atoms with Crippen molar-refractivity contribution in [2.45, 2.75) is 0 Å². The summed E-state index contributed by atoms with van der Waals surface area (Å²) in [6.45, 7) is 0.